The molecule has 0 bridgehead atoms. The van der Waals surface area contributed by atoms with Crippen LogP contribution in [0.25, 0.3) is 0 Å². The van der Waals surface area contributed by atoms with E-state index in [1.54, 1.807) is 32.4 Å². The number of rotatable bonds is 6. The molecule has 0 aliphatic heterocycles. The van der Waals surface area contributed by atoms with Crippen LogP contribution < -0.4 is 14.8 Å². The van der Waals surface area contributed by atoms with Crippen LogP contribution in [0.3, 0.4) is 0 Å². The molecule has 0 spiro atoms. The molecular formula is C18H20FNO3. The summed E-state index contributed by atoms with van der Waals surface area (Å²) in [5.74, 6) is 0.817. The molecule has 0 saturated carbocycles. The van der Waals surface area contributed by atoms with Gasteiger partial charge in [-0.25, -0.2) is 4.39 Å². The molecule has 1 atom stereocenters. The van der Waals surface area contributed by atoms with Crippen molar-refractivity contribution in [3.8, 4) is 11.5 Å². The lowest BCUT2D eigenvalue weighted by molar-refractivity contribution is -0.121. The van der Waals surface area contributed by atoms with Crippen molar-refractivity contribution < 1.29 is 18.7 Å². The highest BCUT2D eigenvalue weighted by molar-refractivity contribution is 5.79. The van der Waals surface area contributed by atoms with E-state index in [0.717, 1.165) is 11.1 Å². The van der Waals surface area contributed by atoms with E-state index in [9.17, 15) is 9.18 Å². The number of benzene rings is 2. The molecule has 0 aliphatic rings. The number of ether oxygens (including phenoxy) is 2. The van der Waals surface area contributed by atoms with Gasteiger partial charge in [-0.3, -0.25) is 4.79 Å². The summed E-state index contributed by atoms with van der Waals surface area (Å²) in [7, 11) is 3.14. The van der Waals surface area contributed by atoms with Crippen LogP contribution in [0.4, 0.5) is 4.39 Å². The van der Waals surface area contributed by atoms with E-state index in [1.807, 2.05) is 19.1 Å². The molecule has 1 unspecified atom stereocenters. The number of amides is 1. The topological polar surface area (TPSA) is 47.6 Å². The molecule has 2 aromatic carbocycles. The van der Waals surface area contributed by atoms with Crippen LogP contribution >= 0.6 is 0 Å². The zero-order valence-corrected chi connectivity index (χ0v) is 13.4. The predicted molar refractivity (Wildman–Crippen MR) is 86.2 cm³/mol. The molecule has 23 heavy (non-hydrogen) atoms. The van der Waals surface area contributed by atoms with E-state index < -0.39 is 0 Å². The summed E-state index contributed by atoms with van der Waals surface area (Å²) < 4.78 is 23.3. The van der Waals surface area contributed by atoms with Crippen molar-refractivity contribution in [3.63, 3.8) is 0 Å². The van der Waals surface area contributed by atoms with Crippen LogP contribution in [0.2, 0.25) is 0 Å². The number of methoxy groups -OCH3 is 2. The van der Waals surface area contributed by atoms with Crippen LogP contribution in [0.15, 0.2) is 42.5 Å². The van der Waals surface area contributed by atoms with Crippen LogP contribution in [0.1, 0.15) is 24.1 Å². The molecule has 2 rings (SSSR count). The average molecular weight is 317 g/mol. The van der Waals surface area contributed by atoms with Gasteiger partial charge in [0.2, 0.25) is 5.91 Å². The molecule has 0 saturated heterocycles. The lowest BCUT2D eigenvalue weighted by Gasteiger charge is -2.16. The monoisotopic (exact) mass is 317 g/mol. The van der Waals surface area contributed by atoms with E-state index in [-0.39, 0.29) is 24.2 Å². The van der Waals surface area contributed by atoms with Crippen molar-refractivity contribution in [2.24, 2.45) is 0 Å². The van der Waals surface area contributed by atoms with Crippen molar-refractivity contribution >= 4 is 5.91 Å². The summed E-state index contributed by atoms with van der Waals surface area (Å²) in [5.41, 5.74) is 1.68. The van der Waals surface area contributed by atoms with Crippen LogP contribution in [0, 0.1) is 5.82 Å². The lowest BCUT2D eigenvalue weighted by Crippen LogP contribution is -2.28. The van der Waals surface area contributed by atoms with Gasteiger partial charge in [-0.2, -0.15) is 0 Å². The third-order valence-electron chi connectivity index (χ3n) is 3.56. The summed E-state index contributed by atoms with van der Waals surface area (Å²) in [6.45, 7) is 1.89. The maximum atomic E-state index is 12.9. The van der Waals surface area contributed by atoms with Gasteiger partial charge in [-0.1, -0.05) is 18.2 Å². The first kappa shape index (κ1) is 16.8. The Morgan fingerprint density at radius 1 is 1.09 bits per heavy atom. The molecule has 2 aromatic rings. The third-order valence-corrected chi connectivity index (χ3v) is 3.56. The number of carbonyl (C=O) groups is 1. The molecule has 0 aliphatic carbocycles. The molecule has 0 radical (unpaired) electrons. The normalized spacial score (nSPS) is 11.7. The van der Waals surface area contributed by atoms with Crippen molar-refractivity contribution in [3.05, 3.63) is 59.4 Å². The molecule has 0 aromatic heterocycles. The molecule has 122 valence electrons. The van der Waals surface area contributed by atoms with E-state index in [4.69, 9.17) is 9.47 Å². The standard InChI is InChI=1S/C18H20FNO3/c1-12(14-6-9-16(22-2)17(11-14)23-3)20-18(21)10-13-4-7-15(19)8-5-13/h4-9,11-12H,10H2,1-3H3,(H,20,21). The van der Waals surface area contributed by atoms with Crippen molar-refractivity contribution in [1.29, 1.82) is 0 Å². The Morgan fingerprint density at radius 3 is 2.35 bits per heavy atom. The zero-order valence-electron chi connectivity index (χ0n) is 13.4. The quantitative estimate of drug-likeness (QED) is 0.889. The van der Waals surface area contributed by atoms with Gasteiger partial charge in [0.25, 0.3) is 0 Å². The summed E-state index contributed by atoms with van der Waals surface area (Å²) in [6.07, 6.45) is 0.206. The Balaban J connectivity index is 2.01. The maximum absolute atomic E-state index is 12.9. The Hall–Kier alpha value is -2.56. The minimum atomic E-state index is -0.312. The van der Waals surface area contributed by atoms with E-state index in [2.05, 4.69) is 5.32 Å². The van der Waals surface area contributed by atoms with Gasteiger partial charge in [0.1, 0.15) is 5.82 Å². The average Bonchev–Trinajstić information content (AvgIpc) is 2.56. The molecule has 0 fully saturated rings. The molecular weight excluding hydrogens is 297 g/mol. The largest absolute Gasteiger partial charge is 0.493 e. The van der Waals surface area contributed by atoms with Crippen LogP contribution in [-0.2, 0) is 11.2 Å². The van der Waals surface area contributed by atoms with Crippen molar-refractivity contribution in [1.82, 2.24) is 5.32 Å². The number of hydrogen-bond donors (Lipinski definition) is 1. The Labute approximate surface area is 135 Å². The van der Waals surface area contributed by atoms with Gasteiger partial charge < -0.3 is 14.8 Å². The van der Waals surface area contributed by atoms with E-state index in [0.29, 0.717) is 11.5 Å². The second kappa shape index (κ2) is 7.63. The van der Waals surface area contributed by atoms with Crippen molar-refractivity contribution in [2.75, 3.05) is 14.2 Å². The number of hydrogen-bond acceptors (Lipinski definition) is 3. The molecule has 0 heterocycles. The first-order chi connectivity index (χ1) is 11.0. The van der Waals surface area contributed by atoms with Crippen molar-refractivity contribution in [2.45, 2.75) is 19.4 Å². The first-order valence-corrected chi connectivity index (χ1v) is 7.29. The van der Waals surface area contributed by atoms with Gasteiger partial charge >= 0.3 is 0 Å². The third kappa shape index (κ3) is 4.45. The van der Waals surface area contributed by atoms with E-state index >= 15 is 0 Å². The van der Waals surface area contributed by atoms with Gasteiger partial charge in [0.05, 0.1) is 26.7 Å². The Kier molecular flexibility index (Phi) is 5.57. The van der Waals surface area contributed by atoms with Crippen LogP contribution in [0.5, 0.6) is 11.5 Å². The number of carbonyl (C=O) groups excluding carboxylic acids is 1. The highest BCUT2D eigenvalue weighted by atomic mass is 19.1. The smallest absolute Gasteiger partial charge is 0.224 e. The molecule has 5 heteroatoms. The molecule has 4 nitrogen and oxygen atoms in total. The zero-order chi connectivity index (χ0) is 16.8. The second-order valence-corrected chi connectivity index (χ2v) is 5.21. The summed E-state index contributed by atoms with van der Waals surface area (Å²) in [6, 6.07) is 11.2. The highest BCUT2D eigenvalue weighted by Crippen LogP contribution is 2.29. The fraction of sp³-hybridized carbons (Fsp3) is 0.278. The fourth-order valence-electron chi connectivity index (χ4n) is 2.29. The summed E-state index contributed by atoms with van der Waals surface area (Å²) in [4.78, 5) is 12.1. The van der Waals surface area contributed by atoms with E-state index in [1.165, 1.54) is 12.1 Å². The lowest BCUT2D eigenvalue weighted by atomic mass is 10.1. The minimum absolute atomic E-state index is 0.126. The molecule has 1 amide bonds. The van der Waals surface area contributed by atoms with Gasteiger partial charge in [0.15, 0.2) is 11.5 Å². The summed E-state index contributed by atoms with van der Waals surface area (Å²) in [5, 5.41) is 2.92. The minimum Gasteiger partial charge on any atom is -0.493 e. The van der Waals surface area contributed by atoms with Gasteiger partial charge in [0, 0.05) is 0 Å². The summed E-state index contributed by atoms with van der Waals surface area (Å²) >= 11 is 0. The Bertz CT molecular complexity index is 670. The first-order valence-electron chi connectivity index (χ1n) is 7.29. The highest BCUT2D eigenvalue weighted by Gasteiger charge is 2.13. The number of nitrogens with one attached hydrogen (secondary N) is 1. The maximum Gasteiger partial charge on any atom is 0.224 e. The predicted octanol–water partition coefficient (Wildman–Crippen LogP) is 3.26. The fourth-order valence-corrected chi connectivity index (χ4v) is 2.29. The second-order valence-electron chi connectivity index (χ2n) is 5.21. The SMILES string of the molecule is COc1ccc(C(C)NC(=O)Cc2ccc(F)cc2)cc1OC. The number of halogens is 1. The van der Waals surface area contributed by atoms with Gasteiger partial charge in [-0.15, -0.1) is 0 Å². The van der Waals surface area contributed by atoms with Gasteiger partial charge in [-0.05, 0) is 42.3 Å². The van der Waals surface area contributed by atoms with Crippen LogP contribution in [-0.4, -0.2) is 20.1 Å². The molecule has 1 N–H and O–H groups in total. The Morgan fingerprint density at radius 2 is 1.74 bits per heavy atom.